The van der Waals surface area contributed by atoms with Gasteiger partial charge in [-0.05, 0) is 59.3 Å². The summed E-state index contributed by atoms with van der Waals surface area (Å²) < 4.78 is 10.9. The highest BCUT2D eigenvalue weighted by Crippen LogP contribution is 2.29. The molecule has 1 heterocycles. The van der Waals surface area contributed by atoms with Gasteiger partial charge in [0.2, 0.25) is 0 Å². The Morgan fingerprint density at radius 1 is 1.04 bits per heavy atom. The standard InChI is InChI=1S/C18H34N2O3/c1-18(2,3)23-17(21)19(4)14-6-8-15(9-7-14)20-12-10-16(22-5)11-13-20/h14-16H,6-13H2,1-5H3. The lowest BCUT2D eigenvalue weighted by molar-refractivity contribution is 0.00414. The van der Waals surface area contributed by atoms with E-state index in [1.165, 1.54) is 12.8 Å². The van der Waals surface area contributed by atoms with E-state index in [9.17, 15) is 4.79 Å². The van der Waals surface area contributed by atoms with E-state index >= 15 is 0 Å². The molecular weight excluding hydrogens is 292 g/mol. The van der Waals surface area contributed by atoms with Crippen molar-refractivity contribution in [2.45, 2.75) is 83.1 Å². The topological polar surface area (TPSA) is 42.0 Å². The maximum atomic E-state index is 12.2. The van der Waals surface area contributed by atoms with Crippen molar-refractivity contribution in [1.29, 1.82) is 0 Å². The Morgan fingerprint density at radius 2 is 1.61 bits per heavy atom. The molecule has 1 amide bonds. The summed E-state index contributed by atoms with van der Waals surface area (Å²) in [7, 11) is 3.70. The van der Waals surface area contributed by atoms with Gasteiger partial charge in [0.05, 0.1) is 6.10 Å². The maximum Gasteiger partial charge on any atom is 0.410 e. The zero-order valence-electron chi connectivity index (χ0n) is 15.5. The normalized spacial score (nSPS) is 27.7. The van der Waals surface area contributed by atoms with Gasteiger partial charge in [0.25, 0.3) is 0 Å². The SMILES string of the molecule is COC1CCN(C2CCC(N(C)C(=O)OC(C)(C)C)CC2)CC1. The van der Waals surface area contributed by atoms with E-state index in [4.69, 9.17) is 9.47 Å². The quantitative estimate of drug-likeness (QED) is 0.798. The average Bonchev–Trinajstić information content (AvgIpc) is 2.53. The molecule has 0 aromatic rings. The van der Waals surface area contributed by atoms with Crippen LogP contribution < -0.4 is 0 Å². The minimum Gasteiger partial charge on any atom is -0.444 e. The van der Waals surface area contributed by atoms with E-state index in [2.05, 4.69) is 4.90 Å². The molecule has 0 unspecified atom stereocenters. The molecule has 2 aliphatic rings. The van der Waals surface area contributed by atoms with Crippen molar-refractivity contribution in [3.8, 4) is 0 Å². The number of carbonyl (C=O) groups is 1. The molecule has 0 N–H and O–H groups in total. The van der Waals surface area contributed by atoms with Crippen LogP contribution in [0.5, 0.6) is 0 Å². The van der Waals surface area contributed by atoms with Gasteiger partial charge < -0.3 is 19.3 Å². The third-order valence-corrected chi connectivity index (χ3v) is 5.22. The summed E-state index contributed by atoms with van der Waals surface area (Å²) in [5.74, 6) is 0. The van der Waals surface area contributed by atoms with Crippen molar-refractivity contribution in [2.24, 2.45) is 0 Å². The zero-order chi connectivity index (χ0) is 17.0. The molecule has 5 heteroatoms. The molecule has 0 atom stereocenters. The van der Waals surface area contributed by atoms with Gasteiger partial charge in [-0.15, -0.1) is 0 Å². The zero-order valence-corrected chi connectivity index (χ0v) is 15.5. The van der Waals surface area contributed by atoms with Crippen LogP contribution in [0.25, 0.3) is 0 Å². The summed E-state index contributed by atoms with van der Waals surface area (Å²) in [6.45, 7) is 8.04. The van der Waals surface area contributed by atoms with E-state index < -0.39 is 5.60 Å². The largest absolute Gasteiger partial charge is 0.444 e. The Balaban J connectivity index is 1.76. The second-order valence-corrected chi connectivity index (χ2v) is 8.02. The van der Waals surface area contributed by atoms with Crippen LogP contribution in [0.1, 0.15) is 59.3 Å². The van der Waals surface area contributed by atoms with E-state index in [0.29, 0.717) is 18.2 Å². The van der Waals surface area contributed by atoms with Gasteiger partial charge in [-0.25, -0.2) is 4.79 Å². The Morgan fingerprint density at radius 3 is 2.09 bits per heavy atom. The monoisotopic (exact) mass is 326 g/mol. The smallest absolute Gasteiger partial charge is 0.410 e. The molecule has 1 aliphatic heterocycles. The summed E-state index contributed by atoms with van der Waals surface area (Å²) in [6.07, 6.45) is 7.05. The second kappa shape index (κ2) is 7.84. The Hall–Kier alpha value is -0.810. The first-order valence-corrected chi connectivity index (χ1v) is 9.03. The molecule has 23 heavy (non-hydrogen) atoms. The van der Waals surface area contributed by atoms with E-state index in [-0.39, 0.29) is 6.09 Å². The number of carbonyl (C=O) groups excluding carboxylic acids is 1. The predicted octanol–water partition coefficient (Wildman–Crippen LogP) is 3.28. The summed E-state index contributed by atoms with van der Waals surface area (Å²) in [4.78, 5) is 16.6. The highest BCUT2D eigenvalue weighted by molar-refractivity contribution is 5.68. The van der Waals surface area contributed by atoms with Crippen LogP contribution in [0.2, 0.25) is 0 Å². The molecule has 134 valence electrons. The Kier molecular flexibility index (Phi) is 6.32. The lowest BCUT2D eigenvalue weighted by atomic mass is 9.88. The molecule has 1 saturated heterocycles. The number of likely N-dealkylation sites (tertiary alicyclic amines) is 1. The highest BCUT2D eigenvalue weighted by atomic mass is 16.6. The number of hydrogen-bond donors (Lipinski definition) is 0. The van der Waals surface area contributed by atoms with E-state index in [1.54, 1.807) is 4.90 Å². The highest BCUT2D eigenvalue weighted by Gasteiger charge is 2.32. The minimum absolute atomic E-state index is 0.193. The number of hydrogen-bond acceptors (Lipinski definition) is 4. The molecule has 0 spiro atoms. The fourth-order valence-corrected chi connectivity index (χ4v) is 3.77. The minimum atomic E-state index is -0.422. The number of amides is 1. The van der Waals surface area contributed by atoms with Crippen LogP contribution >= 0.6 is 0 Å². The van der Waals surface area contributed by atoms with Crippen molar-refractivity contribution in [3.05, 3.63) is 0 Å². The fourth-order valence-electron chi connectivity index (χ4n) is 3.77. The van der Waals surface area contributed by atoms with Crippen molar-refractivity contribution in [1.82, 2.24) is 9.80 Å². The fraction of sp³-hybridized carbons (Fsp3) is 0.944. The Bertz CT molecular complexity index is 378. The predicted molar refractivity (Wildman–Crippen MR) is 91.6 cm³/mol. The third kappa shape index (κ3) is 5.35. The van der Waals surface area contributed by atoms with Crippen molar-refractivity contribution in [3.63, 3.8) is 0 Å². The lowest BCUT2D eigenvalue weighted by Gasteiger charge is -2.42. The third-order valence-electron chi connectivity index (χ3n) is 5.22. The molecule has 1 saturated carbocycles. The molecule has 0 bridgehead atoms. The molecule has 1 aliphatic carbocycles. The van der Waals surface area contributed by atoms with Gasteiger partial charge in [-0.1, -0.05) is 0 Å². The van der Waals surface area contributed by atoms with E-state index in [0.717, 1.165) is 38.8 Å². The van der Waals surface area contributed by atoms with Gasteiger partial charge >= 0.3 is 6.09 Å². The van der Waals surface area contributed by atoms with Crippen molar-refractivity contribution >= 4 is 6.09 Å². The first kappa shape index (κ1) is 18.5. The van der Waals surface area contributed by atoms with Gasteiger partial charge in [0.15, 0.2) is 0 Å². The van der Waals surface area contributed by atoms with Crippen LogP contribution in [0, 0.1) is 0 Å². The van der Waals surface area contributed by atoms with E-state index in [1.807, 2.05) is 34.9 Å². The summed E-state index contributed by atoms with van der Waals surface area (Å²) >= 11 is 0. The van der Waals surface area contributed by atoms with Crippen LogP contribution in [-0.2, 0) is 9.47 Å². The molecule has 0 aromatic carbocycles. The van der Waals surface area contributed by atoms with Crippen LogP contribution in [-0.4, -0.2) is 66.9 Å². The van der Waals surface area contributed by atoms with Gasteiger partial charge in [-0.3, -0.25) is 0 Å². The molecular formula is C18H34N2O3. The number of ether oxygens (including phenoxy) is 2. The lowest BCUT2D eigenvalue weighted by Crippen LogP contribution is -2.48. The van der Waals surface area contributed by atoms with Gasteiger partial charge in [0, 0.05) is 39.3 Å². The number of methoxy groups -OCH3 is 1. The molecule has 5 nitrogen and oxygen atoms in total. The number of nitrogens with zero attached hydrogens (tertiary/aromatic N) is 2. The molecule has 0 radical (unpaired) electrons. The molecule has 0 aromatic heterocycles. The summed E-state index contributed by atoms with van der Waals surface area (Å²) in [6, 6.07) is 0.994. The van der Waals surface area contributed by atoms with Crippen LogP contribution in [0.4, 0.5) is 4.79 Å². The summed E-state index contributed by atoms with van der Waals surface area (Å²) in [5.41, 5.74) is -0.422. The molecule has 2 fully saturated rings. The average molecular weight is 326 g/mol. The van der Waals surface area contributed by atoms with Crippen LogP contribution in [0.15, 0.2) is 0 Å². The number of rotatable bonds is 3. The first-order valence-electron chi connectivity index (χ1n) is 9.03. The maximum absolute atomic E-state index is 12.2. The second-order valence-electron chi connectivity index (χ2n) is 8.02. The molecule has 2 rings (SSSR count). The van der Waals surface area contributed by atoms with Gasteiger partial charge in [-0.2, -0.15) is 0 Å². The summed E-state index contributed by atoms with van der Waals surface area (Å²) in [5, 5.41) is 0. The van der Waals surface area contributed by atoms with Crippen LogP contribution in [0.3, 0.4) is 0 Å². The number of piperidine rings is 1. The Labute approximate surface area is 141 Å². The first-order chi connectivity index (χ1) is 10.8. The van der Waals surface area contributed by atoms with Crippen molar-refractivity contribution < 1.29 is 14.3 Å². The van der Waals surface area contributed by atoms with Crippen molar-refractivity contribution in [2.75, 3.05) is 27.2 Å². The van der Waals surface area contributed by atoms with Gasteiger partial charge in [0.1, 0.15) is 5.60 Å².